The number of thiophene rings is 1. The van der Waals surface area contributed by atoms with Crippen molar-refractivity contribution in [1.29, 1.82) is 0 Å². The minimum absolute atomic E-state index is 0.0324. The molecular formula is C14H14O3S2. The van der Waals surface area contributed by atoms with Gasteiger partial charge in [0.15, 0.2) is 5.78 Å². The SMILES string of the molecule is CC(=O)c1ccccc1OCCS(=O)c1cccs1. The summed E-state index contributed by atoms with van der Waals surface area (Å²) in [6.07, 6.45) is 0. The maximum atomic E-state index is 11.9. The molecule has 5 heteroatoms. The number of ether oxygens (including phenoxy) is 1. The number of carbonyl (C=O) groups excluding carboxylic acids is 1. The molecule has 1 aromatic heterocycles. The van der Waals surface area contributed by atoms with Crippen LogP contribution in [0.3, 0.4) is 0 Å². The third-order valence-electron chi connectivity index (χ3n) is 2.51. The molecule has 0 amide bonds. The highest BCUT2D eigenvalue weighted by Gasteiger charge is 2.09. The number of ketones is 1. The molecule has 0 aliphatic rings. The third-order valence-corrected chi connectivity index (χ3v) is 5.14. The summed E-state index contributed by atoms with van der Waals surface area (Å²) in [7, 11) is -1.03. The van der Waals surface area contributed by atoms with Gasteiger partial charge in [0.2, 0.25) is 0 Å². The quantitative estimate of drug-likeness (QED) is 0.769. The van der Waals surface area contributed by atoms with Crippen molar-refractivity contribution in [3.63, 3.8) is 0 Å². The van der Waals surface area contributed by atoms with E-state index >= 15 is 0 Å². The summed E-state index contributed by atoms with van der Waals surface area (Å²) < 4.78 is 18.3. The van der Waals surface area contributed by atoms with E-state index in [9.17, 15) is 9.00 Å². The van der Waals surface area contributed by atoms with Gasteiger partial charge in [0.25, 0.3) is 0 Å². The van der Waals surface area contributed by atoms with Gasteiger partial charge in [-0.2, -0.15) is 0 Å². The lowest BCUT2D eigenvalue weighted by Crippen LogP contribution is -2.09. The highest BCUT2D eigenvalue weighted by molar-refractivity contribution is 7.87. The van der Waals surface area contributed by atoms with Gasteiger partial charge in [0, 0.05) is 0 Å². The van der Waals surface area contributed by atoms with E-state index in [-0.39, 0.29) is 5.78 Å². The zero-order valence-electron chi connectivity index (χ0n) is 10.5. The molecule has 0 aliphatic heterocycles. The third kappa shape index (κ3) is 3.75. The fourth-order valence-electron chi connectivity index (χ4n) is 1.60. The van der Waals surface area contributed by atoms with Crippen molar-refractivity contribution in [1.82, 2.24) is 0 Å². The summed E-state index contributed by atoms with van der Waals surface area (Å²) in [5.74, 6) is 0.945. The average Bonchev–Trinajstić information content (AvgIpc) is 2.93. The van der Waals surface area contributed by atoms with Crippen LogP contribution in [-0.4, -0.2) is 22.4 Å². The highest BCUT2D eigenvalue weighted by Crippen LogP contribution is 2.19. The van der Waals surface area contributed by atoms with Gasteiger partial charge in [0.1, 0.15) is 12.4 Å². The van der Waals surface area contributed by atoms with Crippen molar-refractivity contribution >= 4 is 27.9 Å². The standard InChI is InChI=1S/C14H14O3S2/c1-11(15)12-5-2-3-6-13(12)17-8-10-19(16)14-7-4-9-18-14/h2-7,9H,8,10H2,1H3. The predicted molar refractivity (Wildman–Crippen MR) is 77.5 cm³/mol. The maximum absolute atomic E-state index is 11.9. The molecule has 0 aliphatic carbocycles. The van der Waals surface area contributed by atoms with Gasteiger partial charge in [-0.05, 0) is 30.5 Å². The van der Waals surface area contributed by atoms with E-state index in [0.717, 1.165) is 4.21 Å². The molecule has 1 aromatic carbocycles. The molecule has 0 saturated carbocycles. The molecule has 1 unspecified atom stereocenters. The van der Waals surface area contributed by atoms with Crippen LogP contribution in [0.4, 0.5) is 0 Å². The van der Waals surface area contributed by atoms with Crippen molar-refractivity contribution in [2.24, 2.45) is 0 Å². The molecule has 1 atom stereocenters. The van der Waals surface area contributed by atoms with Crippen LogP contribution in [0.2, 0.25) is 0 Å². The Balaban J connectivity index is 1.93. The topological polar surface area (TPSA) is 43.4 Å². The molecule has 0 fully saturated rings. The molecule has 1 heterocycles. The number of benzene rings is 1. The molecule has 3 nitrogen and oxygen atoms in total. The van der Waals surface area contributed by atoms with Crippen LogP contribution < -0.4 is 4.74 Å². The van der Waals surface area contributed by atoms with E-state index in [1.807, 2.05) is 23.6 Å². The monoisotopic (exact) mass is 294 g/mol. The van der Waals surface area contributed by atoms with E-state index in [4.69, 9.17) is 4.74 Å². The molecule has 2 rings (SSSR count). The van der Waals surface area contributed by atoms with E-state index in [1.165, 1.54) is 18.3 Å². The Morgan fingerprint density at radius 2 is 2.05 bits per heavy atom. The smallest absolute Gasteiger partial charge is 0.163 e. The Morgan fingerprint density at radius 3 is 2.74 bits per heavy atom. The Hall–Kier alpha value is -1.46. The van der Waals surface area contributed by atoms with Crippen LogP contribution in [0.5, 0.6) is 5.75 Å². The van der Waals surface area contributed by atoms with Crippen LogP contribution in [0.1, 0.15) is 17.3 Å². The van der Waals surface area contributed by atoms with Gasteiger partial charge in [0.05, 0.1) is 26.3 Å². The van der Waals surface area contributed by atoms with Crippen LogP contribution in [0.15, 0.2) is 46.0 Å². The van der Waals surface area contributed by atoms with E-state index in [1.54, 1.807) is 18.2 Å². The van der Waals surface area contributed by atoms with Gasteiger partial charge in [-0.15, -0.1) is 11.3 Å². The number of para-hydroxylation sites is 1. The second-order valence-electron chi connectivity index (χ2n) is 3.88. The lowest BCUT2D eigenvalue weighted by atomic mass is 10.1. The fraction of sp³-hybridized carbons (Fsp3) is 0.214. The second-order valence-corrected chi connectivity index (χ2v) is 6.63. The zero-order chi connectivity index (χ0) is 13.7. The molecule has 0 N–H and O–H groups in total. The van der Waals surface area contributed by atoms with E-state index in [0.29, 0.717) is 23.7 Å². The highest BCUT2D eigenvalue weighted by atomic mass is 32.2. The summed E-state index contributed by atoms with van der Waals surface area (Å²) in [6.45, 7) is 1.83. The molecule has 0 bridgehead atoms. The van der Waals surface area contributed by atoms with E-state index < -0.39 is 10.8 Å². The van der Waals surface area contributed by atoms with Gasteiger partial charge in [-0.25, -0.2) is 0 Å². The first-order valence-electron chi connectivity index (χ1n) is 5.83. The minimum Gasteiger partial charge on any atom is -0.492 e. The number of rotatable bonds is 6. The minimum atomic E-state index is -1.03. The zero-order valence-corrected chi connectivity index (χ0v) is 12.1. The predicted octanol–water partition coefficient (Wildman–Crippen LogP) is 3.14. The van der Waals surface area contributed by atoms with Gasteiger partial charge >= 0.3 is 0 Å². The molecule has 100 valence electrons. The van der Waals surface area contributed by atoms with Crippen LogP contribution in [0, 0.1) is 0 Å². The molecule has 2 aromatic rings. The fourth-order valence-corrected chi connectivity index (χ4v) is 3.56. The van der Waals surface area contributed by atoms with Crippen molar-refractivity contribution in [2.75, 3.05) is 12.4 Å². The Morgan fingerprint density at radius 1 is 1.26 bits per heavy atom. The summed E-state index contributed by atoms with van der Waals surface area (Å²) >= 11 is 1.48. The van der Waals surface area contributed by atoms with Crippen LogP contribution >= 0.6 is 11.3 Å². The largest absolute Gasteiger partial charge is 0.492 e. The summed E-state index contributed by atoms with van der Waals surface area (Å²) in [5, 5.41) is 1.90. The number of carbonyl (C=O) groups is 1. The summed E-state index contributed by atoms with van der Waals surface area (Å²) in [5.41, 5.74) is 0.560. The number of hydrogen-bond donors (Lipinski definition) is 0. The lowest BCUT2D eigenvalue weighted by molar-refractivity contribution is 0.101. The summed E-state index contributed by atoms with van der Waals surface area (Å²) in [4.78, 5) is 11.4. The molecular weight excluding hydrogens is 280 g/mol. The Labute approximate surface area is 118 Å². The lowest BCUT2D eigenvalue weighted by Gasteiger charge is -2.08. The van der Waals surface area contributed by atoms with Gasteiger partial charge in [-0.3, -0.25) is 9.00 Å². The number of Topliss-reactive ketones (excluding diaryl/α,β-unsaturated/α-hetero) is 1. The van der Waals surface area contributed by atoms with Crippen LogP contribution in [-0.2, 0) is 10.8 Å². The van der Waals surface area contributed by atoms with E-state index in [2.05, 4.69) is 0 Å². The first-order chi connectivity index (χ1) is 9.18. The first kappa shape index (κ1) is 14.0. The van der Waals surface area contributed by atoms with Gasteiger partial charge < -0.3 is 4.74 Å². The Bertz CT molecular complexity index is 576. The number of hydrogen-bond acceptors (Lipinski definition) is 4. The van der Waals surface area contributed by atoms with Crippen molar-refractivity contribution < 1.29 is 13.7 Å². The average molecular weight is 294 g/mol. The van der Waals surface area contributed by atoms with Crippen molar-refractivity contribution in [2.45, 2.75) is 11.1 Å². The molecule has 0 radical (unpaired) electrons. The summed E-state index contributed by atoms with van der Waals surface area (Å²) in [6, 6.07) is 10.8. The Kier molecular flexibility index (Phi) is 4.87. The second kappa shape index (κ2) is 6.63. The normalized spacial score (nSPS) is 12.1. The van der Waals surface area contributed by atoms with Crippen molar-refractivity contribution in [3.8, 4) is 5.75 Å². The molecule has 0 spiro atoms. The van der Waals surface area contributed by atoms with Crippen LogP contribution in [0.25, 0.3) is 0 Å². The van der Waals surface area contributed by atoms with Gasteiger partial charge in [-0.1, -0.05) is 18.2 Å². The maximum Gasteiger partial charge on any atom is 0.163 e. The molecule has 0 saturated heterocycles. The first-order valence-corrected chi connectivity index (χ1v) is 8.03. The van der Waals surface area contributed by atoms with Crippen molar-refractivity contribution in [3.05, 3.63) is 47.3 Å². The molecule has 19 heavy (non-hydrogen) atoms.